The molecule has 2 heteroatoms. The lowest BCUT2D eigenvalue weighted by atomic mass is 10.5. The van der Waals surface area contributed by atoms with E-state index in [9.17, 15) is 4.79 Å². The summed E-state index contributed by atoms with van der Waals surface area (Å²) in [5.74, 6) is 1.68. The molecule has 1 nitrogen and oxygen atoms in total. The van der Waals surface area contributed by atoms with Crippen molar-refractivity contribution in [3.05, 3.63) is 0 Å². The molecule has 0 fully saturated rings. The number of Topliss-reactive ketones (excluding diaryl/α,β-unsaturated/α-hetero) is 1. The van der Waals surface area contributed by atoms with Crippen LogP contribution in [-0.2, 0) is 15.7 Å². The topological polar surface area (TPSA) is 17.1 Å². The van der Waals surface area contributed by atoms with Gasteiger partial charge in [0.15, 0.2) is 11.5 Å². The SMILES string of the molecule is C#C[S+](CC)CC(C)=O. The summed E-state index contributed by atoms with van der Waals surface area (Å²) in [4.78, 5) is 10.5. The van der Waals surface area contributed by atoms with E-state index in [-0.39, 0.29) is 16.7 Å². The average molecular weight is 143 g/mol. The van der Waals surface area contributed by atoms with Crippen LogP contribution in [0.4, 0.5) is 0 Å². The van der Waals surface area contributed by atoms with Crippen molar-refractivity contribution in [2.75, 3.05) is 11.5 Å². The summed E-state index contributed by atoms with van der Waals surface area (Å²) in [7, 11) is -0.0903. The van der Waals surface area contributed by atoms with Crippen molar-refractivity contribution in [1.82, 2.24) is 0 Å². The van der Waals surface area contributed by atoms with Gasteiger partial charge in [-0.2, -0.15) is 0 Å². The molecule has 0 rings (SSSR count). The zero-order valence-corrected chi connectivity index (χ0v) is 6.62. The zero-order chi connectivity index (χ0) is 7.28. The molecular formula is C7H11OS+. The van der Waals surface area contributed by atoms with Crippen molar-refractivity contribution >= 4 is 16.7 Å². The first-order valence-corrected chi connectivity index (χ1v) is 4.40. The predicted molar refractivity (Wildman–Crippen MR) is 42.3 cm³/mol. The monoisotopic (exact) mass is 143 g/mol. The molecule has 50 valence electrons. The summed E-state index contributed by atoms with van der Waals surface area (Å²) >= 11 is 0. The van der Waals surface area contributed by atoms with Crippen molar-refractivity contribution in [2.45, 2.75) is 13.8 Å². The Balaban J connectivity index is 3.60. The lowest BCUT2D eigenvalue weighted by Gasteiger charge is -1.90. The van der Waals surface area contributed by atoms with Crippen LogP contribution in [0.15, 0.2) is 0 Å². The van der Waals surface area contributed by atoms with Crippen LogP contribution in [0.3, 0.4) is 0 Å². The molecule has 0 aliphatic rings. The first kappa shape index (κ1) is 8.58. The molecule has 0 saturated carbocycles. The van der Waals surface area contributed by atoms with Gasteiger partial charge in [-0.05, 0) is 13.8 Å². The zero-order valence-electron chi connectivity index (χ0n) is 5.81. The van der Waals surface area contributed by atoms with Crippen LogP contribution in [0.5, 0.6) is 0 Å². The van der Waals surface area contributed by atoms with Gasteiger partial charge in [0, 0.05) is 0 Å². The first-order chi connectivity index (χ1) is 4.20. The van der Waals surface area contributed by atoms with E-state index in [1.54, 1.807) is 6.92 Å². The Labute approximate surface area is 59.2 Å². The average Bonchev–Trinajstić information content (AvgIpc) is 1.82. The second-order valence-corrected chi connectivity index (χ2v) is 3.83. The Kier molecular flexibility index (Phi) is 4.25. The maximum absolute atomic E-state index is 10.5. The fraction of sp³-hybridized carbons (Fsp3) is 0.571. The van der Waals surface area contributed by atoms with Crippen molar-refractivity contribution < 1.29 is 4.79 Å². The molecule has 0 aliphatic heterocycles. The van der Waals surface area contributed by atoms with Gasteiger partial charge in [-0.1, -0.05) is 6.42 Å². The lowest BCUT2D eigenvalue weighted by Crippen LogP contribution is -2.13. The first-order valence-electron chi connectivity index (χ1n) is 2.83. The van der Waals surface area contributed by atoms with E-state index in [0.29, 0.717) is 5.75 Å². The highest BCUT2D eigenvalue weighted by molar-refractivity contribution is 8.01. The van der Waals surface area contributed by atoms with Gasteiger partial charge in [-0.25, -0.2) is 0 Å². The van der Waals surface area contributed by atoms with Crippen LogP contribution < -0.4 is 0 Å². The van der Waals surface area contributed by atoms with E-state index in [1.165, 1.54) is 0 Å². The lowest BCUT2D eigenvalue weighted by molar-refractivity contribution is -0.114. The molecule has 0 bridgehead atoms. The minimum absolute atomic E-state index is 0.0903. The van der Waals surface area contributed by atoms with Gasteiger partial charge in [0.1, 0.15) is 11.0 Å². The predicted octanol–water partition coefficient (Wildman–Crippen LogP) is 0.804. The Morgan fingerprint density at radius 1 is 1.78 bits per heavy atom. The van der Waals surface area contributed by atoms with Gasteiger partial charge < -0.3 is 0 Å². The highest BCUT2D eigenvalue weighted by Crippen LogP contribution is 1.93. The molecule has 0 aliphatic carbocycles. The van der Waals surface area contributed by atoms with E-state index in [0.717, 1.165) is 5.75 Å². The number of hydrogen-bond donors (Lipinski definition) is 0. The third-order valence-electron chi connectivity index (χ3n) is 0.893. The Morgan fingerprint density at radius 3 is 2.44 bits per heavy atom. The third kappa shape index (κ3) is 4.11. The van der Waals surface area contributed by atoms with E-state index in [1.807, 2.05) is 6.92 Å². The molecular weight excluding hydrogens is 132 g/mol. The summed E-state index contributed by atoms with van der Waals surface area (Å²) in [5.41, 5.74) is 0. The Hall–Kier alpha value is -0.420. The molecule has 9 heavy (non-hydrogen) atoms. The fourth-order valence-electron chi connectivity index (χ4n) is 0.472. The minimum Gasteiger partial charge on any atom is -0.295 e. The smallest absolute Gasteiger partial charge is 0.179 e. The second kappa shape index (κ2) is 4.46. The molecule has 0 amide bonds. The number of terminal acetylenes is 1. The number of ketones is 1. The molecule has 0 spiro atoms. The van der Waals surface area contributed by atoms with Crippen molar-refractivity contribution in [3.63, 3.8) is 0 Å². The quantitative estimate of drug-likeness (QED) is 0.422. The highest BCUT2D eigenvalue weighted by Gasteiger charge is 2.13. The summed E-state index contributed by atoms with van der Waals surface area (Å²) in [6, 6.07) is 0. The van der Waals surface area contributed by atoms with E-state index < -0.39 is 0 Å². The van der Waals surface area contributed by atoms with Crippen LogP contribution in [0.2, 0.25) is 0 Å². The van der Waals surface area contributed by atoms with Gasteiger partial charge in [-0.15, -0.1) is 0 Å². The van der Waals surface area contributed by atoms with Gasteiger partial charge in [0.05, 0.1) is 10.9 Å². The molecule has 1 atom stereocenters. The highest BCUT2D eigenvalue weighted by atomic mass is 32.2. The van der Waals surface area contributed by atoms with E-state index in [4.69, 9.17) is 6.42 Å². The summed E-state index contributed by atoms with van der Waals surface area (Å²) in [5, 5.41) is 2.59. The van der Waals surface area contributed by atoms with Gasteiger partial charge in [-0.3, -0.25) is 4.79 Å². The Morgan fingerprint density at radius 2 is 2.33 bits per heavy atom. The minimum atomic E-state index is -0.0903. The van der Waals surface area contributed by atoms with Crippen LogP contribution in [0.1, 0.15) is 13.8 Å². The standard InChI is InChI=1S/C7H11OS/c1-4-9(5-2)6-7(3)8/h1H,5-6H2,2-3H3/q+1. The van der Waals surface area contributed by atoms with Crippen molar-refractivity contribution in [2.24, 2.45) is 0 Å². The number of carbonyl (C=O) groups excluding carboxylic acids is 1. The van der Waals surface area contributed by atoms with Gasteiger partial charge in [0.25, 0.3) is 0 Å². The second-order valence-electron chi connectivity index (χ2n) is 1.75. The van der Waals surface area contributed by atoms with Crippen molar-refractivity contribution in [1.29, 1.82) is 0 Å². The maximum atomic E-state index is 10.5. The number of hydrogen-bond acceptors (Lipinski definition) is 1. The van der Waals surface area contributed by atoms with E-state index in [2.05, 4.69) is 5.25 Å². The molecule has 0 aromatic heterocycles. The number of rotatable bonds is 3. The molecule has 0 aromatic carbocycles. The molecule has 0 N–H and O–H groups in total. The largest absolute Gasteiger partial charge is 0.295 e. The third-order valence-corrected chi connectivity index (χ3v) is 2.68. The van der Waals surface area contributed by atoms with Crippen molar-refractivity contribution in [3.8, 4) is 11.7 Å². The van der Waals surface area contributed by atoms with Crippen LogP contribution in [0.25, 0.3) is 0 Å². The van der Waals surface area contributed by atoms with Gasteiger partial charge in [0.2, 0.25) is 0 Å². The number of carbonyl (C=O) groups is 1. The van der Waals surface area contributed by atoms with E-state index >= 15 is 0 Å². The summed E-state index contributed by atoms with van der Waals surface area (Å²) in [6.07, 6.45) is 5.14. The maximum Gasteiger partial charge on any atom is 0.179 e. The van der Waals surface area contributed by atoms with Crippen LogP contribution >= 0.6 is 0 Å². The molecule has 1 unspecified atom stereocenters. The summed E-state index contributed by atoms with van der Waals surface area (Å²) in [6.45, 7) is 3.58. The fourth-order valence-corrected chi connectivity index (χ4v) is 1.42. The molecule has 0 saturated heterocycles. The summed E-state index contributed by atoms with van der Waals surface area (Å²) < 4.78 is 0. The van der Waals surface area contributed by atoms with Crippen LogP contribution in [0, 0.1) is 11.7 Å². The van der Waals surface area contributed by atoms with Crippen LogP contribution in [-0.4, -0.2) is 17.3 Å². The molecule has 0 aromatic rings. The normalized spacial score (nSPS) is 12.1. The van der Waals surface area contributed by atoms with Gasteiger partial charge >= 0.3 is 0 Å². The molecule has 0 radical (unpaired) electrons. The molecule has 0 heterocycles. The Bertz CT molecular complexity index is 134.